The summed E-state index contributed by atoms with van der Waals surface area (Å²) in [6.45, 7) is 6.85. The van der Waals surface area contributed by atoms with Crippen LogP contribution in [0.5, 0.6) is 5.75 Å². The molecule has 6 nitrogen and oxygen atoms in total. The first-order valence-electron chi connectivity index (χ1n) is 11.3. The van der Waals surface area contributed by atoms with Gasteiger partial charge in [0.05, 0.1) is 18.5 Å². The first kappa shape index (κ1) is 22.6. The Labute approximate surface area is 195 Å². The summed E-state index contributed by atoms with van der Waals surface area (Å²) in [5.74, 6) is 2.68. The fourth-order valence-corrected chi connectivity index (χ4v) is 4.37. The average Bonchev–Trinajstić information content (AvgIpc) is 3.50. The molecule has 0 saturated heterocycles. The lowest BCUT2D eigenvalue weighted by Crippen LogP contribution is -2.20. The molecule has 170 valence electrons. The Morgan fingerprint density at radius 1 is 1.24 bits per heavy atom. The van der Waals surface area contributed by atoms with Crippen LogP contribution in [0.2, 0.25) is 0 Å². The number of rotatable bonds is 6. The molecule has 2 aliphatic carbocycles. The third kappa shape index (κ3) is 5.28. The molecule has 1 aromatic carbocycles. The Morgan fingerprint density at radius 3 is 2.73 bits per heavy atom. The van der Waals surface area contributed by atoms with Crippen molar-refractivity contribution in [2.24, 2.45) is 16.8 Å². The van der Waals surface area contributed by atoms with E-state index in [-0.39, 0.29) is 5.41 Å². The lowest BCUT2D eigenvalue weighted by molar-refractivity contribution is -0.108. The van der Waals surface area contributed by atoms with Gasteiger partial charge >= 0.3 is 0 Å². The molecule has 0 bridgehead atoms. The summed E-state index contributed by atoms with van der Waals surface area (Å²) in [5.41, 5.74) is 4.48. The molecule has 1 N–H and O–H groups in total. The van der Waals surface area contributed by atoms with Crippen LogP contribution in [0, 0.1) is 25.7 Å². The van der Waals surface area contributed by atoms with Crippen molar-refractivity contribution >= 4 is 12.6 Å². The van der Waals surface area contributed by atoms with Crippen LogP contribution >= 0.6 is 0 Å². The molecule has 1 saturated carbocycles. The fraction of sp³-hybridized carbons (Fsp3) is 0.333. The molecule has 33 heavy (non-hydrogen) atoms. The summed E-state index contributed by atoms with van der Waals surface area (Å²) in [6.07, 6.45) is 14.3. The highest BCUT2D eigenvalue weighted by atomic mass is 16.5. The molecular weight excluding hydrogens is 412 g/mol. The minimum absolute atomic E-state index is 0.165. The number of aliphatic imine (C=N–C) groups is 1. The van der Waals surface area contributed by atoms with E-state index in [1.165, 1.54) is 12.0 Å². The van der Waals surface area contributed by atoms with Crippen molar-refractivity contribution in [3.8, 4) is 5.75 Å². The number of amides is 1. The van der Waals surface area contributed by atoms with Crippen LogP contribution < -0.4 is 10.1 Å². The van der Waals surface area contributed by atoms with Gasteiger partial charge < -0.3 is 10.1 Å². The Balaban J connectivity index is 0.000000172. The van der Waals surface area contributed by atoms with E-state index in [0.29, 0.717) is 24.9 Å². The van der Waals surface area contributed by atoms with Gasteiger partial charge in [0.15, 0.2) is 5.75 Å². The predicted molar refractivity (Wildman–Crippen MR) is 130 cm³/mol. The number of nitrogens with one attached hydrogen (secondary N) is 1. The summed E-state index contributed by atoms with van der Waals surface area (Å²) >= 11 is 0. The number of benzene rings is 1. The summed E-state index contributed by atoms with van der Waals surface area (Å²) in [5, 5.41) is 2.64. The maximum Gasteiger partial charge on any atom is 0.211 e. The van der Waals surface area contributed by atoms with E-state index in [9.17, 15) is 4.79 Å². The van der Waals surface area contributed by atoms with Gasteiger partial charge in [0.25, 0.3) is 0 Å². The normalized spacial score (nSPS) is 24.5. The number of hydrogen-bond donors (Lipinski definition) is 1. The quantitative estimate of drug-likeness (QED) is 0.663. The zero-order valence-corrected chi connectivity index (χ0v) is 19.4. The standard InChI is InChI=1S/C17H20N2O.C10H10N2O/c1-12-9-17(12,15-7-5-4-6-8-15)11-20-16-10-18-14(3)19-13(16)2;13-7-12-10-2-1-8-3-4-11-6-9(8)5-10/h4-8,10,12H,9,11H2,1-3H3;2-8H,1H2,(H,12,13)/t12?,17-;/m0./s1. The fourth-order valence-electron chi connectivity index (χ4n) is 4.37. The summed E-state index contributed by atoms with van der Waals surface area (Å²) in [4.78, 5) is 22.8. The molecule has 6 heteroatoms. The molecule has 0 radical (unpaired) electrons. The van der Waals surface area contributed by atoms with Gasteiger partial charge in [-0.1, -0.05) is 49.4 Å². The van der Waals surface area contributed by atoms with Gasteiger partial charge in [-0.05, 0) is 49.8 Å². The van der Waals surface area contributed by atoms with Crippen molar-refractivity contribution in [3.05, 3.63) is 89.3 Å². The van der Waals surface area contributed by atoms with E-state index in [1.54, 1.807) is 6.20 Å². The molecule has 1 amide bonds. The van der Waals surface area contributed by atoms with Crippen LogP contribution in [0.3, 0.4) is 0 Å². The molecule has 1 fully saturated rings. The van der Waals surface area contributed by atoms with E-state index in [2.05, 4.69) is 63.6 Å². The first-order valence-corrected chi connectivity index (χ1v) is 11.3. The van der Waals surface area contributed by atoms with Crippen LogP contribution in [-0.2, 0) is 10.2 Å². The van der Waals surface area contributed by atoms with E-state index in [1.807, 2.05) is 38.4 Å². The van der Waals surface area contributed by atoms with Crippen molar-refractivity contribution in [1.82, 2.24) is 15.3 Å². The predicted octanol–water partition coefficient (Wildman–Crippen LogP) is 4.61. The average molecular weight is 443 g/mol. The van der Waals surface area contributed by atoms with E-state index >= 15 is 0 Å². The van der Waals surface area contributed by atoms with Crippen LogP contribution in [0.15, 0.2) is 77.2 Å². The molecule has 3 atom stereocenters. The number of hydrogen-bond acceptors (Lipinski definition) is 5. The smallest absolute Gasteiger partial charge is 0.211 e. The van der Waals surface area contributed by atoms with Crippen molar-refractivity contribution in [2.45, 2.75) is 39.0 Å². The van der Waals surface area contributed by atoms with Gasteiger partial charge in [0, 0.05) is 29.4 Å². The molecule has 2 unspecified atom stereocenters. The summed E-state index contributed by atoms with van der Waals surface area (Å²) in [7, 11) is 0. The minimum Gasteiger partial charge on any atom is -0.489 e. The third-order valence-electron chi connectivity index (χ3n) is 6.54. The van der Waals surface area contributed by atoms with E-state index in [4.69, 9.17) is 4.74 Å². The molecule has 2 heterocycles. The number of aromatic nitrogens is 2. The highest BCUT2D eigenvalue weighted by Gasteiger charge is 2.53. The number of ether oxygens (including phenoxy) is 1. The van der Waals surface area contributed by atoms with Crippen LogP contribution in [0.4, 0.5) is 0 Å². The monoisotopic (exact) mass is 442 g/mol. The number of nitrogens with zero attached hydrogens (tertiary/aromatic N) is 3. The SMILES string of the molecule is Cc1ncc(OC[C@@]2(c3ccccc3)CC2C)c(C)n1.O=CNC1=CCC2C=CN=CC2=C1. The van der Waals surface area contributed by atoms with E-state index < -0.39 is 0 Å². The number of carbonyl (C=O) groups excluding carboxylic acids is 1. The number of carbonyl (C=O) groups is 1. The van der Waals surface area contributed by atoms with E-state index in [0.717, 1.165) is 35.0 Å². The van der Waals surface area contributed by atoms with Gasteiger partial charge in [-0.3, -0.25) is 9.79 Å². The van der Waals surface area contributed by atoms with Crippen LogP contribution in [0.25, 0.3) is 0 Å². The maximum absolute atomic E-state index is 10.2. The van der Waals surface area contributed by atoms with Gasteiger partial charge in [-0.15, -0.1) is 0 Å². The molecule has 1 aromatic heterocycles. The first-order chi connectivity index (χ1) is 16.0. The topological polar surface area (TPSA) is 76.5 Å². The maximum atomic E-state index is 10.2. The zero-order chi connectivity index (χ0) is 23.3. The second-order valence-corrected chi connectivity index (χ2v) is 8.81. The Morgan fingerprint density at radius 2 is 2.03 bits per heavy atom. The van der Waals surface area contributed by atoms with Gasteiger partial charge in [-0.25, -0.2) is 9.97 Å². The number of aryl methyl sites for hydroxylation is 2. The van der Waals surface area contributed by atoms with Crippen molar-refractivity contribution in [1.29, 1.82) is 0 Å². The van der Waals surface area contributed by atoms with Gasteiger partial charge in [-0.2, -0.15) is 0 Å². The zero-order valence-electron chi connectivity index (χ0n) is 19.4. The van der Waals surface area contributed by atoms with Crippen molar-refractivity contribution in [2.75, 3.05) is 6.61 Å². The van der Waals surface area contributed by atoms with Gasteiger partial charge in [0.1, 0.15) is 5.82 Å². The van der Waals surface area contributed by atoms with Gasteiger partial charge in [0.2, 0.25) is 6.41 Å². The Hall–Kier alpha value is -3.54. The highest BCUT2D eigenvalue weighted by molar-refractivity contribution is 5.83. The van der Waals surface area contributed by atoms with Crippen LogP contribution in [-0.4, -0.2) is 29.2 Å². The second kappa shape index (κ2) is 9.94. The number of fused-ring (bicyclic) bond motifs is 1. The molecule has 5 rings (SSSR count). The second-order valence-electron chi connectivity index (χ2n) is 8.81. The Kier molecular flexibility index (Phi) is 6.82. The molecule has 1 aliphatic heterocycles. The van der Waals surface area contributed by atoms with Crippen molar-refractivity contribution < 1.29 is 9.53 Å². The molecule has 0 spiro atoms. The largest absolute Gasteiger partial charge is 0.489 e. The van der Waals surface area contributed by atoms with Crippen molar-refractivity contribution in [3.63, 3.8) is 0 Å². The minimum atomic E-state index is 0.165. The highest BCUT2D eigenvalue weighted by Crippen LogP contribution is 2.54. The lowest BCUT2D eigenvalue weighted by Gasteiger charge is -2.19. The lowest BCUT2D eigenvalue weighted by atomic mass is 9.90. The molecule has 2 aromatic rings. The molecule has 3 aliphatic rings. The summed E-state index contributed by atoms with van der Waals surface area (Å²) < 4.78 is 6.02. The van der Waals surface area contributed by atoms with Crippen LogP contribution in [0.1, 0.15) is 36.8 Å². The number of allylic oxidation sites excluding steroid dienone is 4. The Bertz CT molecular complexity index is 1120. The molecular formula is C27H30N4O2. The third-order valence-corrected chi connectivity index (χ3v) is 6.54. The summed E-state index contributed by atoms with van der Waals surface area (Å²) in [6, 6.07) is 10.7.